The van der Waals surface area contributed by atoms with Gasteiger partial charge in [-0.3, -0.25) is 4.99 Å². The van der Waals surface area contributed by atoms with Crippen LogP contribution in [0, 0.1) is 0 Å². The van der Waals surface area contributed by atoms with Crippen LogP contribution in [0.15, 0.2) is 11.1 Å². The summed E-state index contributed by atoms with van der Waals surface area (Å²) in [6.45, 7) is 5.73. The van der Waals surface area contributed by atoms with Crippen molar-refractivity contribution in [3.05, 3.63) is 21.9 Å². The first kappa shape index (κ1) is 18.1. The first-order chi connectivity index (χ1) is 9.69. The standard InChI is InChI=1S/C14H25Cl2N5/c1-14(2,20(4)5)9-19-13(17-3)18-8-10-7-11(15)12(16)21(10)6/h7H,8-9H2,1-6H3,(H2,17,18,19). The van der Waals surface area contributed by atoms with Crippen molar-refractivity contribution in [1.29, 1.82) is 0 Å². The molecule has 0 radical (unpaired) electrons. The van der Waals surface area contributed by atoms with Gasteiger partial charge in [0.1, 0.15) is 5.15 Å². The van der Waals surface area contributed by atoms with Gasteiger partial charge in [0.25, 0.3) is 0 Å². The van der Waals surface area contributed by atoms with Gasteiger partial charge in [-0.05, 0) is 34.0 Å². The number of guanidine groups is 1. The lowest BCUT2D eigenvalue weighted by Gasteiger charge is -2.33. The number of likely N-dealkylation sites (N-methyl/N-ethyl adjacent to an activating group) is 1. The molecule has 0 saturated heterocycles. The monoisotopic (exact) mass is 333 g/mol. The molecule has 7 heteroatoms. The number of hydrogen-bond donors (Lipinski definition) is 2. The fourth-order valence-corrected chi connectivity index (χ4v) is 2.03. The third-order valence-corrected chi connectivity index (χ3v) is 4.62. The number of nitrogens with one attached hydrogen (secondary N) is 2. The molecule has 0 saturated carbocycles. The molecule has 0 spiro atoms. The molecule has 0 aliphatic rings. The summed E-state index contributed by atoms with van der Waals surface area (Å²) in [5.74, 6) is 0.748. The Kier molecular flexibility index (Phi) is 6.38. The summed E-state index contributed by atoms with van der Waals surface area (Å²) in [5, 5.41) is 7.69. The van der Waals surface area contributed by atoms with Crippen LogP contribution in [0.2, 0.25) is 10.2 Å². The fourth-order valence-electron chi connectivity index (χ4n) is 1.61. The lowest BCUT2D eigenvalue weighted by Crippen LogP contribution is -2.50. The van der Waals surface area contributed by atoms with Crippen LogP contribution in [0.25, 0.3) is 0 Å². The molecule has 2 N–H and O–H groups in total. The molecule has 0 aliphatic heterocycles. The van der Waals surface area contributed by atoms with Crippen molar-refractivity contribution in [1.82, 2.24) is 20.1 Å². The first-order valence-electron chi connectivity index (χ1n) is 6.80. The van der Waals surface area contributed by atoms with Gasteiger partial charge in [-0.15, -0.1) is 0 Å². The smallest absolute Gasteiger partial charge is 0.191 e. The van der Waals surface area contributed by atoms with E-state index < -0.39 is 0 Å². The predicted octanol–water partition coefficient (Wildman–Crippen LogP) is 2.34. The lowest BCUT2D eigenvalue weighted by atomic mass is 10.0. The van der Waals surface area contributed by atoms with Crippen LogP contribution in [0.4, 0.5) is 0 Å². The maximum Gasteiger partial charge on any atom is 0.191 e. The van der Waals surface area contributed by atoms with Gasteiger partial charge in [-0.2, -0.15) is 0 Å². The number of aromatic nitrogens is 1. The van der Waals surface area contributed by atoms with Gasteiger partial charge in [-0.25, -0.2) is 0 Å². The van der Waals surface area contributed by atoms with Crippen LogP contribution < -0.4 is 10.6 Å². The first-order valence-corrected chi connectivity index (χ1v) is 7.56. The van der Waals surface area contributed by atoms with E-state index in [-0.39, 0.29) is 5.54 Å². The van der Waals surface area contributed by atoms with E-state index in [9.17, 15) is 0 Å². The SMILES string of the molecule is CN=C(NCc1cc(Cl)c(Cl)n1C)NCC(C)(C)N(C)C. The van der Waals surface area contributed by atoms with E-state index in [0.717, 1.165) is 18.2 Å². The van der Waals surface area contributed by atoms with Crippen molar-refractivity contribution in [2.45, 2.75) is 25.9 Å². The van der Waals surface area contributed by atoms with Crippen LogP contribution in [0.1, 0.15) is 19.5 Å². The van der Waals surface area contributed by atoms with Gasteiger partial charge in [0, 0.05) is 31.9 Å². The van der Waals surface area contributed by atoms with E-state index >= 15 is 0 Å². The largest absolute Gasteiger partial charge is 0.355 e. The highest BCUT2D eigenvalue weighted by atomic mass is 35.5. The van der Waals surface area contributed by atoms with E-state index in [0.29, 0.717) is 16.7 Å². The number of halogens is 2. The molecule has 0 amide bonds. The molecule has 120 valence electrons. The number of nitrogens with zero attached hydrogens (tertiary/aromatic N) is 3. The Morgan fingerprint density at radius 3 is 2.38 bits per heavy atom. The van der Waals surface area contributed by atoms with Crippen LogP contribution in [-0.4, -0.2) is 48.7 Å². The number of hydrogen-bond acceptors (Lipinski definition) is 2. The molecule has 0 fully saturated rings. The van der Waals surface area contributed by atoms with Gasteiger partial charge >= 0.3 is 0 Å². The van der Waals surface area contributed by atoms with E-state index in [1.807, 2.05) is 17.7 Å². The van der Waals surface area contributed by atoms with Crippen molar-refractivity contribution < 1.29 is 0 Å². The topological polar surface area (TPSA) is 44.6 Å². The molecular formula is C14H25Cl2N5. The Morgan fingerprint density at radius 2 is 1.95 bits per heavy atom. The van der Waals surface area contributed by atoms with Crippen molar-refractivity contribution in [2.75, 3.05) is 27.7 Å². The summed E-state index contributed by atoms with van der Waals surface area (Å²) in [6, 6.07) is 1.86. The Labute approximate surface area is 137 Å². The average Bonchev–Trinajstić information content (AvgIpc) is 2.66. The van der Waals surface area contributed by atoms with Crippen LogP contribution in [-0.2, 0) is 13.6 Å². The normalized spacial score (nSPS) is 12.9. The maximum atomic E-state index is 6.06. The zero-order valence-corrected chi connectivity index (χ0v) is 15.1. The molecule has 0 bridgehead atoms. The van der Waals surface area contributed by atoms with Crippen molar-refractivity contribution in [3.63, 3.8) is 0 Å². The third-order valence-electron chi connectivity index (χ3n) is 3.78. The Hall–Kier alpha value is -0.910. The second-order valence-electron chi connectivity index (χ2n) is 5.82. The minimum atomic E-state index is 0.0369. The van der Waals surface area contributed by atoms with Crippen LogP contribution >= 0.6 is 23.2 Å². The minimum absolute atomic E-state index is 0.0369. The highest BCUT2D eigenvalue weighted by molar-refractivity contribution is 6.41. The molecule has 0 unspecified atom stereocenters. The number of rotatable bonds is 5. The lowest BCUT2D eigenvalue weighted by molar-refractivity contribution is 0.197. The van der Waals surface area contributed by atoms with Crippen LogP contribution in [0.5, 0.6) is 0 Å². The molecule has 5 nitrogen and oxygen atoms in total. The van der Waals surface area contributed by atoms with Gasteiger partial charge < -0.3 is 20.1 Å². The summed E-state index contributed by atoms with van der Waals surface area (Å²) < 4.78 is 1.86. The van der Waals surface area contributed by atoms with Crippen molar-refractivity contribution in [2.24, 2.45) is 12.0 Å². The Morgan fingerprint density at radius 1 is 1.33 bits per heavy atom. The highest BCUT2D eigenvalue weighted by Crippen LogP contribution is 2.24. The summed E-state index contributed by atoms with van der Waals surface area (Å²) >= 11 is 12.1. The molecule has 21 heavy (non-hydrogen) atoms. The Balaban J connectivity index is 2.58. The summed E-state index contributed by atoms with van der Waals surface area (Å²) in [7, 11) is 7.76. The van der Waals surface area contributed by atoms with Crippen molar-refractivity contribution >= 4 is 29.2 Å². The molecule has 1 rings (SSSR count). The summed E-state index contributed by atoms with van der Waals surface area (Å²) in [5.41, 5.74) is 1.04. The second kappa shape index (κ2) is 7.38. The van der Waals surface area contributed by atoms with Gasteiger partial charge in [-0.1, -0.05) is 23.2 Å². The van der Waals surface area contributed by atoms with Gasteiger partial charge in [0.2, 0.25) is 0 Å². The zero-order valence-electron chi connectivity index (χ0n) is 13.6. The molecule has 1 aromatic rings. The van der Waals surface area contributed by atoms with E-state index in [1.165, 1.54) is 0 Å². The molecule has 0 atom stereocenters. The molecule has 1 aromatic heterocycles. The Bertz CT molecular complexity index is 506. The quantitative estimate of drug-likeness (QED) is 0.642. The zero-order chi connectivity index (χ0) is 16.2. The predicted molar refractivity (Wildman–Crippen MR) is 91.4 cm³/mol. The van der Waals surface area contributed by atoms with Crippen LogP contribution in [0.3, 0.4) is 0 Å². The van der Waals surface area contributed by atoms with E-state index in [4.69, 9.17) is 23.2 Å². The number of aliphatic imine (C=N–C) groups is 1. The minimum Gasteiger partial charge on any atom is -0.355 e. The fraction of sp³-hybridized carbons (Fsp3) is 0.643. The molecule has 1 heterocycles. The summed E-state index contributed by atoms with van der Waals surface area (Å²) in [6.07, 6.45) is 0. The van der Waals surface area contributed by atoms with Gasteiger partial charge in [0.05, 0.1) is 11.6 Å². The molecule has 0 aliphatic carbocycles. The maximum absolute atomic E-state index is 6.06. The highest BCUT2D eigenvalue weighted by Gasteiger charge is 2.20. The van der Waals surface area contributed by atoms with E-state index in [1.54, 1.807) is 7.05 Å². The average molecular weight is 334 g/mol. The van der Waals surface area contributed by atoms with Gasteiger partial charge in [0.15, 0.2) is 5.96 Å². The van der Waals surface area contributed by atoms with E-state index in [2.05, 4.69) is 48.5 Å². The molecule has 0 aromatic carbocycles. The second-order valence-corrected chi connectivity index (χ2v) is 6.58. The summed E-state index contributed by atoms with van der Waals surface area (Å²) in [4.78, 5) is 6.40. The molecular weight excluding hydrogens is 309 g/mol. The third kappa shape index (κ3) is 4.80. The van der Waals surface area contributed by atoms with Crippen molar-refractivity contribution in [3.8, 4) is 0 Å².